The molecule has 0 spiro atoms. The fourth-order valence-electron chi connectivity index (χ4n) is 3.93. The van der Waals surface area contributed by atoms with E-state index in [0.717, 1.165) is 55.8 Å². The van der Waals surface area contributed by atoms with E-state index in [4.69, 9.17) is 4.42 Å². The van der Waals surface area contributed by atoms with E-state index in [1.165, 1.54) is 18.2 Å². The Morgan fingerprint density at radius 2 is 2.07 bits per heavy atom. The number of rotatable bonds is 10. The fraction of sp³-hybridized carbons (Fsp3) is 0.667. The first-order valence-electron chi connectivity index (χ1n) is 10.7. The number of hydrogen-bond donors (Lipinski definition) is 1. The van der Waals surface area contributed by atoms with Crippen LogP contribution in [0.2, 0.25) is 0 Å². The first-order chi connectivity index (χ1) is 14.1. The van der Waals surface area contributed by atoms with E-state index in [1.54, 1.807) is 6.26 Å². The lowest BCUT2D eigenvalue weighted by atomic mass is 9.92. The fourth-order valence-corrected chi connectivity index (χ4v) is 4.69. The van der Waals surface area contributed by atoms with Gasteiger partial charge < -0.3 is 14.6 Å². The number of aromatic nitrogens is 3. The third kappa shape index (κ3) is 6.26. The van der Waals surface area contributed by atoms with Crippen molar-refractivity contribution >= 4 is 23.6 Å². The van der Waals surface area contributed by atoms with Gasteiger partial charge in [0.15, 0.2) is 5.16 Å². The van der Waals surface area contributed by atoms with E-state index in [9.17, 15) is 4.79 Å². The van der Waals surface area contributed by atoms with E-state index < -0.39 is 0 Å². The summed E-state index contributed by atoms with van der Waals surface area (Å²) in [6.45, 7) is 9.98. The molecule has 2 unspecified atom stereocenters. The quantitative estimate of drug-likeness (QED) is 0.466. The van der Waals surface area contributed by atoms with Crippen molar-refractivity contribution in [3.8, 4) is 0 Å². The number of piperidine rings is 1. The zero-order valence-electron chi connectivity index (χ0n) is 17.8. The van der Waals surface area contributed by atoms with Gasteiger partial charge in [-0.3, -0.25) is 9.36 Å². The molecule has 7 nitrogen and oxygen atoms in total. The molecule has 29 heavy (non-hydrogen) atoms. The van der Waals surface area contributed by atoms with Crippen molar-refractivity contribution < 1.29 is 9.21 Å². The number of furan rings is 1. The number of hydrogen-bond acceptors (Lipinski definition) is 6. The van der Waals surface area contributed by atoms with Gasteiger partial charge in [-0.25, -0.2) is 0 Å². The highest BCUT2D eigenvalue weighted by Crippen LogP contribution is 2.29. The Hall–Kier alpha value is -1.96. The predicted octanol–water partition coefficient (Wildman–Crippen LogP) is 3.80. The van der Waals surface area contributed by atoms with Crippen molar-refractivity contribution in [2.45, 2.75) is 58.2 Å². The number of anilines is 1. The van der Waals surface area contributed by atoms with Crippen LogP contribution < -0.4 is 10.2 Å². The first-order valence-corrected chi connectivity index (χ1v) is 11.6. The molecule has 8 heteroatoms. The third-order valence-electron chi connectivity index (χ3n) is 5.18. The average Bonchev–Trinajstić information content (AvgIpc) is 3.33. The monoisotopic (exact) mass is 419 g/mol. The molecule has 1 aliphatic heterocycles. The van der Waals surface area contributed by atoms with E-state index >= 15 is 0 Å². The molecule has 3 rings (SSSR count). The molecule has 2 aromatic heterocycles. The highest BCUT2D eigenvalue weighted by Gasteiger charge is 2.27. The van der Waals surface area contributed by atoms with E-state index in [0.29, 0.717) is 24.1 Å². The molecule has 1 N–H and O–H groups in total. The molecule has 2 aromatic rings. The van der Waals surface area contributed by atoms with E-state index in [2.05, 4.69) is 45.8 Å². The minimum absolute atomic E-state index is 0.0421. The smallest absolute Gasteiger partial charge is 0.230 e. The molecule has 1 aliphatic rings. The number of unbranched alkanes of at least 4 members (excludes halogenated alkanes) is 2. The second-order valence-corrected chi connectivity index (χ2v) is 9.09. The van der Waals surface area contributed by atoms with Gasteiger partial charge in [0.2, 0.25) is 11.9 Å². The molecule has 1 amide bonds. The van der Waals surface area contributed by atoms with Crippen LogP contribution in [0, 0.1) is 11.8 Å². The Bertz CT molecular complexity index is 751. The van der Waals surface area contributed by atoms with Crippen LogP contribution in [0.15, 0.2) is 28.0 Å². The van der Waals surface area contributed by atoms with Gasteiger partial charge in [0.05, 0.1) is 18.6 Å². The lowest BCUT2D eigenvalue weighted by molar-refractivity contribution is -0.118. The second-order valence-electron chi connectivity index (χ2n) is 8.14. The zero-order chi connectivity index (χ0) is 20.6. The summed E-state index contributed by atoms with van der Waals surface area (Å²) < 4.78 is 7.65. The van der Waals surface area contributed by atoms with Crippen LogP contribution in [0.5, 0.6) is 0 Å². The Labute approximate surface area is 177 Å². The largest absolute Gasteiger partial charge is 0.467 e. The van der Waals surface area contributed by atoms with Gasteiger partial charge >= 0.3 is 0 Å². The third-order valence-corrected chi connectivity index (χ3v) is 6.14. The number of nitrogens with zero attached hydrogens (tertiary/aromatic N) is 4. The molecular formula is C21H33N5O2S. The highest BCUT2D eigenvalue weighted by atomic mass is 32.2. The molecule has 0 bridgehead atoms. The van der Waals surface area contributed by atoms with Crippen molar-refractivity contribution in [3.05, 3.63) is 24.2 Å². The Kier molecular flexibility index (Phi) is 8.03. The maximum Gasteiger partial charge on any atom is 0.230 e. The number of thioether (sulfide) groups is 1. The van der Waals surface area contributed by atoms with Crippen molar-refractivity contribution in [1.82, 2.24) is 20.1 Å². The summed E-state index contributed by atoms with van der Waals surface area (Å²) in [7, 11) is 0. The maximum absolute atomic E-state index is 12.2. The van der Waals surface area contributed by atoms with Crippen LogP contribution in [0.4, 0.5) is 5.95 Å². The number of amides is 1. The molecule has 1 fully saturated rings. The average molecular weight is 420 g/mol. The van der Waals surface area contributed by atoms with Crippen LogP contribution in [0.3, 0.4) is 0 Å². The lowest BCUT2D eigenvalue weighted by Crippen LogP contribution is -2.40. The van der Waals surface area contributed by atoms with Crippen LogP contribution >= 0.6 is 11.8 Å². The molecule has 1 saturated heterocycles. The summed E-state index contributed by atoms with van der Waals surface area (Å²) in [4.78, 5) is 14.5. The van der Waals surface area contributed by atoms with Gasteiger partial charge in [0.25, 0.3) is 0 Å². The summed E-state index contributed by atoms with van der Waals surface area (Å²) in [5.41, 5.74) is 0. The summed E-state index contributed by atoms with van der Waals surface area (Å²) in [6.07, 6.45) is 6.23. The minimum atomic E-state index is 0.0421. The first kappa shape index (κ1) is 21.7. The number of carbonyl (C=O) groups excluding carboxylic acids is 1. The summed E-state index contributed by atoms with van der Waals surface area (Å²) in [5.74, 6) is 3.35. The summed E-state index contributed by atoms with van der Waals surface area (Å²) >= 11 is 1.44. The molecule has 0 aromatic carbocycles. The van der Waals surface area contributed by atoms with E-state index in [1.807, 2.05) is 12.1 Å². The topological polar surface area (TPSA) is 76.2 Å². The predicted molar refractivity (Wildman–Crippen MR) is 116 cm³/mol. The summed E-state index contributed by atoms with van der Waals surface area (Å²) in [6, 6.07) is 3.85. The number of carbonyl (C=O) groups is 1. The molecule has 0 radical (unpaired) electrons. The van der Waals surface area contributed by atoms with Gasteiger partial charge in [-0.15, -0.1) is 10.2 Å². The van der Waals surface area contributed by atoms with E-state index in [-0.39, 0.29) is 5.91 Å². The zero-order valence-corrected chi connectivity index (χ0v) is 18.6. The number of nitrogens with one attached hydrogen (secondary N) is 1. The van der Waals surface area contributed by atoms with Crippen LogP contribution in [0.1, 0.15) is 52.2 Å². The molecule has 2 atom stereocenters. The van der Waals surface area contributed by atoms with Gasteiger partial charge in [0, 0.05) is 19.6 Å². The van der Waals surface area contributed by atoms with Gasteiger partial charge in [0.1, 0.15) is 5.76 Å². The Balaban J connectivity index is 1.69. The molecular weight excluding hydrogens is 386 g/mol. The lowest BCUT2D eigenvalue weighted by Gasteiger charge is -2.35. The van der Waals surface area contributed by atoms with Gasteiger partial charge in [-0.05, 0) is 36.8 Å². The molecule has 0 saturated carbocycles. The van der Waals surface area contributed by atoms with Gasteiger partial charge in [-0.2, -0.15) is 0 Å². The second kappa shape index (κ2) is 10.7. The minimum Gasteiger partial charge on any atom is -0.467 e. The van der Waals surface area contributed by atoms with Crippen LogP contribution in [-0.2, 0) is 11.3 Å². The van der Waals surface area contributed by atoms with Crippen molar-refractivity contribution in [1.29, 1.82) is 0 Å². The molecule has 0 aliphatic carbocycles. The van der Waals surface area contributed by atoms with Crippen LogP contribution in [0.25, 0.3) is 0 Å². The molecule has 160 valence electrons. The Morgan fingerprint density at radius 1 is 1.28 bits per heavy atom. The standard InChI is InChI=1S/C21H33N5O2S/c1-4-5-6-9-22-19(27)15-29-21-24-23-20(25-12-16(2)11-17(3)13-25)26(21)14-18-8-7-10-28-18/h7-8,10,16-17H,4-6,9,11-15H2,1-3H3,(H,22,27). The van der Waals surface area contributed by atoms with Crippen molar-refractivity contribution in [2.24, 2.45) is 11.8 Å². The highest BCUT2D eigenvalue weighted by molar-refractivity contribution is 7.99. The maximum atomic E-state index is 12.2. The van der Waals surface area contributed by atoms with Crippen molar-refractivity contribution in [2.75, 3.05) is 30.3 Å². The van der Waals surface area contributed by atoms with Crippen molar-refractivity contribution in [3.63, 3.8) is 0 Å². The SMILES string of the molecule is CCCCCNC(=O)CSc1nnc(N2CC(C)CC(C)C2)n1Cc1ccco1. The van der Waals surface area contributed by atoms with Gasteiger partial charge in [-0.1, -0.05) is 45.4 Å². The summed E-state index contributed by atoms with van der Waals surface area (Å²) in [5, 5.41) is 12.7. The molecule has 3 heterocycles. The normalized spacial score (nSPS) is 19.5. The van der Waals surface area contributed by atoms with Crippen LogP contribution in [-0.4, -0.2) is 46.1 Å². The Morgan fingerprint density at radius 3 is 2.76 bits per heavy atom.